The van der Waals surface area contributed by atoms with E-state index < -0.39 is 5.69 Å². The Morgan fingerprint density at radius 2 is 1.67 bits per heavy atom. The number of hydrogen-bond donors (Lipinski definition) is 0. The molecule has 0 aliphatic carbocycles. The van der Waals surface area contributed by atoms with E-state index in [1.807, 2.05) is 47.0 Å². The number of aryl methyl sites for hydroxylation is 1. The lowest BCUT2D eigenvalue weighted by atomic mass is 10.2. The summed E-state index contributed by atoms with van der Waals surface area (Å²) in [5, 5.41) is 1.46. The Hall–Kier alpha value is -2.77. The Kier molecular flexibility index (Phi) is 5.58. The molecule has 0 aliphatic rings. The molecule has 0 bridgehead atoms. The third-order valence-electron chi connectivity index (χ3n) is 5.12. The van der Waals surface area contributed by atoms with Crippen molar-refractivity contribution in [2.45, 2.75) is 23.9 Å². The van der Waals surface area contributed by atoms with E-state index in [1.165, 1.54) is 11.6 Å². The molecule has 0 radical (unpaired) electrons. The van der Waals surface area contributed by atoms with Gasteiger partial charge in [0.15, 0.2) is 16.3 Å². The van der Waals surface area contributed by atoms with Gasteiger partial charge in [-0.25, -0.2) is 9.78 Å². The summed E-state index contributed by atoms with van der Waals surface area (Å²) in [6, 6.07) is 17.6. The van der Waals surface area contributed by atoms with Gasteiger partial charge in [0.1, 0.15) is 0 Å². The lowest BCUT2D eigenvalue weighted by Crippen LogP contribution is -2.37. The molecule has 0 saturated carbocycles. The largest absolute Gasteiger partial charge is 0.332 e. The molecular formula is C22H21ClN4O2S. The van der Waals surface area contributed by atoms with Gasteiger partial charge >= 0.3 is 5.69 Å². The average molecular weight is 441 g/mol. The van der Waals surface area contributed by atoms with E-state index in [0.717, 1.165) is 15.7 Å². The van der Waals surface area contributed by atoms with E-state index in [4.69, 9.17) is 16.6 Å². The minimum absolute atomic E-state index is 0.118. The van der Waals surface area contributed by atoms with E-state index >= 15 is 0 Å². The van der Waals surface area contributed by atoms with Crippen LogP contribution in [0.25, 0.3) is 11.2 Å². The SMILES string of the molecule is CC(Sc1nc2c(c(=O)n(C)c(=O)n2C)n1Cc1ccc(Cl)cc1)c1ccccc1. The maximum atomic E-state index is 13.0. The Morgan fingerprint density at radius 3 is 2.33 bits per heavy atom. The van der Waals surface area contributed by atoms with Crippen molar-refractivity contribution in [3.05, 3.63) is 91.6 Å². The molecule has 2 heterocycles. The number of imidazole rings is 1. The summed E-state index contributed by atoms with van der Waals surface area (Å²) in [4.78, 5) is 30.1. The first-order chi connectivity index (χ1) is 14.4. The number of rotatable bonds is 5. The van der Waals surface area contributed by atoms with Crippen LogP contribution in [0.15, 0.2) is 69.3 Å². The minimum atomic E-state index is -0.392. The normalized spacial score (nSPS) is 12.4. The van der Waals surface area contributed by atoms with Crippen LogP contribution in [0.4, 0.5) is 0 Å². The minimum Gasteiger partial charge on any atom is -0.309 e. The van der Waals surface area contributed by atoms with Crippen molar-refractivity contribution in [2.24, 2.45) is 14.1 Å². The number of halogens is 1. The van der Waals surface area contributed by atoms with Gasteiger partial charge in [-0.3, -0.25) is 13.9 Å². The molecule has 8 heteroatoms. The molecule has 1 unspecified atom stereocenters. The highest BCUT2D eigenvalue weighted by Gasteiger charge is 2.21. The van der Waals surface area contributed by atoms with Crippen LogP contribution in [0.3, 0.4) is 0 Å². The Morgan fingerprint density at radius 1 is 1.00 bits per heavy atom. The molecule has 1 atom stereocenters. The average Bonchev–Trinajstić information content (AvgIpc) is 3.11. The molecule has 0 aliphatic heterocycles. The highest BCUT2D eigenvalue weighted by molar-refractivity contribution is 7.99. The Bertz CT molecular complexity index is 1320. The summed E-state index contributed by atoms with van der Waals surface area (Å²) in [5.41, 5.74) is 2.21. The first kappa shape index (κ1) is 20.5. The van der Waals surface area contributed by atoms with Crippen molar-refractivity contribution < 1.29 is 0 Å². The molecule has 0 N–H and O–H groups in total. The topological polar surface area (TPSA) is 61.8 Å². The summed E-state index contributed by atoms with van der Waals surface area (Å²) in [6.45, 7) is 2.55. The van der Waals surface area contributed by atoms with Crippen molar-refractivity contribution in [1.29, 1.82) is 0 Å². The zero-order chi connectivity index (χ0) is 21.4. The second-order valence-corrected chi connectivity index (χ2v) is 8.90. The summed E-state index contributed by atoms with van der Waals surface area (Å²) >= 11 is 7.59. The fourth-order valence-electron chi connectivity index (χ4n) is 3.39. The zero-order valence-electron chi connectivity index (χ0n) is 16.9. The van der Waals surface area contributed by atoms with Gasteiger partial charge in [0.2, 0.25) is 0 Å². The number of nitrogens with zero attached hydrogens (tertiary/aromatic N) is 4. The molecule has 2 aromatic heterocycles. The van der Waals surface area contributed by atoms with Gasteiger partial charge in [-0.1, -0.05) is 65.8 Å². The quantitative estimate of drug-likeness (QED) is 0.440. The molecule has 4 rings (SSSR count). The van der Waals surface area contributed by atoms with Crippen LogP contribution in [0.2, 0.25) is 5.02 Å². The molecule has 0 saturated heterocycles. The van der Waals surface area contributed by atoms with Crippen molar-refractivity contribution in [2.75, 3.05) is 0 Å². The molecule has 154 valence electrons. The molecule has 30 heavy (non-hydrogen) atoms. The first-order valence-corrected chi connectivity index (χ1v) is 10.7. The van der Waals surface area contributed by atoms with E-state index in [0.29, 0.717) is 27.9 Å². The zero-order valence-corrected chi connectivity index (χ0v) is 18.4. The number of hydrogen-bond acceptors (Lipinski definition) is 4. The third-order valence-corrected chi connectivity index (χ3v) is 6.52. The van der Waals surface area contributed by atoms with Gasteiger partial charge in [0.25, 0.3) is 5.56 Å². The van der Waals surface area contributed by atoms with Crippen molar-refractivity contribution >= 4 is 34.5 Å². The maximum absolute atomic E-state index is 13.0. The highest BCUT2D eigenvalue weighted by Crippen LogP contribution is 2.35. The molecular weight excluding hydrogens is 420 g/mol. The van der Waals surface area contributed by atoms with Gasteiger partial charge in [-0.15, -0.1) is 0 Å². The van der Waals surface area contributed by atoms with Gasteiger partial charge in [-0.2, -0.15) is 0 Å². The van der Waals surface area contributed by atoms with Crippen LogP contribution in [0.5, 0.6) is 0 Å². The summed E-state index contributed by atoms with van der Waals surface area (Å²) in [5.74, 6) is 0. The second kappa shape index (κ2) is 8.16. The monoisotopic (exact) mass is 440 g/mol. The number of aromatic nitrogens is 4. The first-order valence-electron chi connectivity index (χ1n) is 9.49. The molecule has 4 aromatic rings. The number of thioether (sulfide) groups is 1. The molecule has 6 nitrogen and oxygen atoms in total. The lowest BCUT2D eigenvalue weighted by Gasteiger charge is -2.13. The Balaban J connectivity index is 1.88. The standard InChI is InChI=1S/C22H21ClN4O2S/c1-14(16-7-5-4-6-8-16)30-21-24-19-18(20(28)26(3)22(29)25(19)2)27(21)13-15-9-11-17(23)12-10-15/h4-12,14H,13H2,1-3H3. The molecule has 0 fully saturated rings. The van der Waals surface area contributed by atoms with Crippen LogP contribution >= 0.6 is 23.4 Å². The predicted octanol–water partition coefficient (Wildman–Crippen LogP) is 3.99. The van der Waals surface area contributed by atoms with E-state index in [1.54, 1.807) is 18.8 Å². The fraction of sp³-hybridized carbons (Fsp3) is 0.227. The number of fused-ring (bicyclic) bond motifs is 1. The van der Waals surface area contributed by atoms with Crippen LogP contribution in [-0.2, 0) is 20.6 Å². The predicted molar refractivity (Wildman–Crippen MR) is 121 cm³/mol. The Labute approximate surface area is 182 Å². The van der Waals surface area contributed by atoms with Crippen LogP contribution < -0.4 is 11.2 Å². The smallest absolute Gasteiger partial charge is 0.309 e. The van der Waals surface area contributed by atoms with Crippen LogP contribution in [0.1, 0.15) is 23.3 Å². The van der Waals surface area contributed by atoms with Crippen molar-refractivity contribution in [3.63, 3.8) is 0 Å². The van der Waals surface area contributed by atoms with E-state index in [9.17, 15) is 9.59 Å². The second-order valence-electron chi connectivity index (χ2n) is 7.16. The van der Waals surface area contributed by atoms with E-state index in [2.05, 4.69) is 19.1 Å². The maximum Gasteiger partial charge on any atom is 0.332 e. The lowest BCUT2D eigenvalue weighted by molar-refractivity contribution is 0.696. The molecule has 2 aromatic carbocycles. The summed E-state index contributed by atoms with van der Waals surface area (Å²) in [6.07, 6.45) is 0. The van der Waals surface area contributed by atoms with Gasteiger partial charge in [-0.05, 0) is 30.2 Å². The van der Waals surface area contributed by atoms with Gasteiger partial charge in [0, 0.05) is 24.4 Å². The summed E-state index contributed by atoms with van der Waals surface area (Å²) in [7, 11) is 3.13. The van der Waals surface area contributed by atoms with Crippen LogP contribution in [-0.4, -0.2) is 18.7 Å². The molecule has 0 amide bonds. The van der Waals surface area contributed by atoms with E-state index in [-0.39, 0.29) is 10.8 Å². The van der Waals surface area contributed by atoms with Gasteiger partial charge < -0.3 is 4.57 Å². The van der Waals surface area contributed by atoms with Crippen molar-refractivity contribution in [1.82, 2.24) is 18.7 Å². The van der Waals surface area contributed by atoms with Crippen molar-refractivity contribution in [3.8, 4) is 0 Å². The molecule has 0 spiro atoms. The van der Waals surface area contributed by atoms with Crippen LogP contribution in [0, 0.1) is 0 Å². The highest BCUT2D eigenvalue weighted by atomic mass is 35.5. The third kappa shape index (κ3) is 3.70. The fourth-order valence-corrected chi connectivity index (χ4v) is 4.54. The summed E-state index contributed by atoms with van der Waals surface area (Å²) < 4.78 is 4.44. The van der Waals surface area contributed by atoms with Gasteiger partial charge in [0.05, 0.1) is 6.54 Å². The number of benzene rings is 2.